The van der Waals surface area contributed by atoms with Crippen LogP contribution in [-0.2, 0) is 5.41 Å². The van der Waals surface area contributed by atoms with Gasteiger partial charge in [0.1, 0.15) is 11.5 Å². The Balaban J connectivity index is 1.34. The van der Waals surface area contributed by atoms with Gasteiger partial charge in [-0.1, -0.05) is 35.8 Å². The SMILES string of the molecule is CN(C)CCN(C)c1cnc(-c2nc(C3(c4ccc(-c5cnc(N)nc5)cc4)CCC3)no2)cn1. The summed E-state index contributed by atoms with van der Waals surface area (Å²) >= 11 is 0. The number of nitrogens with two attached hydrogens (primary N) is 1. The molecule has 1 aliphatic rings. The lowest BCUT2D eigenvalue weighted by atomic mass is 9.64. The molecule has 180 valence electrons. The summed E-state index contributed by atoms with van der Waals surface area (Å²) in [6, 6.07) is 8.39. The smallest absolute Gasteiger partial charge is 0.278 e. The molecule has 10 nitrogen and oxygen atoms in total. The van der Waals surface area contributed by atoms with E-state index >= 15 is 0 Å². The van der Waals surface area contributed by atoms with Crippen molar-refractivity contribution in [2.24, 2.45) is 0 Å². The van der Waals surface area contributed by atoms with Crippen LogP contribution in [0.25, 0.3) is 22.7 Å². The van der Waals surface area contributed by atoms with Crippen LogP contribution in [-0.4, -0.2) is 69.2 Å². The first kappa shape index (κ1) is 22.9. The molecule has 1 aromatic carbocycles. The van der Waals surface area contributed by atoms with Crippen LogP contribution in [0.15, 0.2) is 53.6 Å². The molecule has 0 unspecified atom stereocenters. The normalized spacial score (nSPS) is 14.6. The number of hydrogen-bond donors (Lipinski definition) is 1. The highest BCUT2D eigenvalue weighted by Crippen LogP contribution is 2.48. The number of likely N-dealkylation sites (N-methyl/N-ethyl adjacent to an activating group) is 2. The third kappa shape index (κ3) is 4.57. The summed E-state index contributed by atoms with van der Waals surface area (Å²) in [7, 11) is 6.10. The second-order valence-electron chi connectivity index (χ2n) is 9.25. The molecular formula is C25H29N9O. The second-order valence-corrected chi connectivity index (χ2v) is 9.25. The molecule has 4 aromatic rings. The molecule has 1 saturated carbocycles. The van der Waals surface area contributed by atoms with Gasteiger partial charge in [0.15, 0.2) is 5.82 Å². The van der Waals surface area contributed by atoms with Crippen molar-refractivity contribution >= 4 is 11.8 Å². The molecule has 0 saturated heterocycles. The van der Waals surface area contributed by atoms with Crippen LogP contribution >= 0.6 is 0 Å². The lowest BCUT2D eigenvalue weighted by molar-refractivity contribution is 0.273. The Bertz CT molecular complexity index is 1260. The van der Waals surface area contributed by atoms with E-state index in [0.29, 0.717) is 17.4 Å². The topological polar surface area (TPSA) is 123 Å². The molecule has 0 amide bonds. The van der Waals surface area contributed by atoms with E-state index in [0.717, 1.165) is 49.3 Å². The van der Waals surface area contributed by atoms with Crippen LogP contribution in [0.1, 0.15) is 30.7 Å². The fraction of sp³-hybridized carbons (Fsp3) is 0.360. The van der Waals surface area contributed by atoms with Crippen LogP contribution in [0.5, 0.6) is 0 Å². The van der Waals surface area contributed by atoms with Gasteiger partial charge in [0.2, 0.25) is 5.95 Å². The van der Waals surface area contributed by atoms with E-state index in [-0.39, 0.29) is 11.4 Å². The fourth-order valence-electron chi connectivity index (χ4n) is 4.26. The van der Waals surface area contributed by atoms with E-state index in [4.69, 9.17) is 15.2 Å². The van der Waals surface area contributed by atoms with Gasteiger partial charge < -0.3 is 20.1 Å². The maximum absolute atomic E-state index is 5.63. The van der Waals surface area contributed by atoms with Crippen LogP contribution in [0.2, 0.25) is 0 Å². The van der Waals surface area contributed by atoms with Crippen molar-refractivity contribution in [1.29, 1.82) is 0 Å². The molecule has 0 aliphatic heterocycles. The molecule has 2 N–H and O–H groups in total. The number of nitrogen functional groups attached to an aromatic ring is 1. The first-order valence-corrected chi connectivity index (χ1v) is 11.7. The molecular weight excluding hydrogens is 442 g/mol. The third-order valence-corrected chi connectivity index (χ3v) is 6.63. The average Bonchev–Trinajstić information content (AvgIpc) is 3.33. The fourth-order valence-corrected chi connectivity index (χ4v) is 4.26. The van der Waals surface area contributed by atoms with Crippen LogP contribution in [0.4, 0.5) is 11.8 Å². The third-order valence-electron chi connectivity index (χ3n) is 6.63. The Morgan fingerprint density at radius 1 is 0.886 bits per heavy atom. The van der Waals surface area contributed by atoms with Crippen molar-refractivity contribution in [1.82, 2.24) is 35.0 Å². The monoisotopic (exact) mass is 471 g/mol. The van der Waals surface area contributed by atoms with Gasteiger partial charge in [-0.05, 0) is 38.1 Å². The van der Waals surface area contributed by atoms with Crippen molar-refractivity contribution in [3.05, 3.63) is 60.4 Å². The first-order chi connectivity index (χ1) is 16.9. The Hall–Kier alpha value is -3.92. The summed E-state index contributed by atoms with van der Waals surface area (Å²) in [5.41, 5.74) is 9.04. The summed E-state index contributed by atoms with van der Waals surface area (Å²) < 4.78 is 5.63. The van der Waals surface area contributed by atoms with E-state index in [2.05, 4.69) is 59.2 Å². The zero-order valence-corrected chi connectivity index (χ0v) is 20.2. The minimum Gasteiger partial charge on any atom is -0.368 e. The molecule has 5 rings (SSSR count). The van der Waals surface area contributed by atoms with Crippen molar-refractivity contribution in [2.45, 2.75) is 24.7 Å². The number of anilines is 2. The molecule has 0 spiro atoms. The maximum atomic E-state index is 5.63. The molecule has 35 heavy (non-hydrogen) atoms. The molecule has 1 fully saturated rings. The van der Waals surface area contributed by atoms with Gasteiger partial charge >= 0.3 is 0 Å². The minimum atomic E-state index is -0.252. The zero-order chi connectivity index (χ0) is 24.4. The molecule has 3 heterocycles. The van der Waals surface area contributed by atoms with E-state index < -0.39 is 0 Å². The Morgan fingerprint density at radius 3 is 2.23 bits per heavy atom. The summed E-state index contributed by atoms with van der Waals surface area (Å²) in [5.74, 6) is 2.15. The average molecular weight is 472 g/mol. The molecule has 10 heteroatoms. The molecule has 1 aliphatic carbocycles. The molecule has 0 atom stereocenters. The minimum absolute atomic E-state index is 0.252. The van der Waals surface area contributed by atoms with Gasteiger partial charge in [-0.15, -0.1) is 0 Å². The van der Waals surface area contributed by atoms with Crippen molar-refractivity contribution in [3.63, 3.8) is 0 Å². The predicted molar refractivity (Wildman–Crippen MR) is 134 cm³/mol. The van der Waals surface area contributed by atoms with E-state index in [1.807, 2.05) is 21.1 Å². The Labute approximate surface area is 204 Å². The number of hydrogen-bond acceptors (Lipinski definition) is 10. The standard InChI is InChI=1S/C25H29N9O/c1-33(2)11-12-34(3)21-16-27-20(15-28-21)22-31-23(32-35-22)25(9-4-10-25)19-7-5-17(6-8-19)18-13-29-24(26)30-14-18/h5-8,13-16H,4,9-12H2,1-3H3,(H2,26,29,30). The zero-order valence-electron chi connectivity index (χ0n) is 20.2. The van der Waals surface area contributed by atoms with Crippen molar-refractivity contribution in [2.75, 3.05) is 44.9 Å². The summed E-state index contributed by atoms with van der Waals surface area (Å²) in [4.78, 5) is 26.2. The largest absolute Gasteiger partial charge is 0.368 e. The number of benzene rings is 1. The number of nitrogens with zero attached hydrogens (tertiary/aromatic N) is 8. The Kier molecular flexibility index (Phi) is 6.12. The van der Waals surface area contributed by atoms with Crippen molar-refractivity contribution in [3.8, 4) is 22.7 Å². The number of rotatable bonds is 8. The lowest BCUT2D eigenvalue weighted by Gasteiger charge is -2.39. The Morgan fingerprint density at radius 2 is 1.63 bits per heavy atom. The highest BCUT2D eigenvalue weighted by molar-refractivity contribution is 5.63. The van der Waals surface area contributed by atoms with E-state index in [9.17, 15) is 0 Å². The summed E-state index contributed by atoms with van der Waals surface area (Å²) in [6.45, 7) is 1.79. The second kappa shape index (κ2) is 9.38. The molecule has 0 radical (unpaired) electrons. The van der Waals surface area contributed by atoms with E-state index in [1.165, 1.54) is 5.56 Å². The van der Waals surface area contributed by atoms with Gasteiger partial charge in [-0.25, -0.2) is 19.9 Å². The van der Waals surface area contributed by atoms with Gasteiger partial charge in [-0.2, -0.15) is 4.98 Å². The van der Waals surface area contributed by atoms with Gasteiger partial charge in [0, 0.05) is 38.1 Å². The highest BCUT2D eigenvalue weighted by Gasteiger charge is 2.44. The lowest BCUT2D eigenvalue weighted by Crippen LogP contribution is -2.36. The van der Waals surface area contributed by atoms with Gasteiger partial charge in [0.25, 0.3) is 5.89 Å². The quantitative estimate of drug-likeness (QED) is 0.410. The summed E-state index contributed by atoms with van der Waals surface area (Å²) in [5, 5.41) is 4.36. The molecule has 0 bridgehead atoms. The van der Waals surface area contributed by atoms with Crippen molar-refractivity contribution < 1.29 is 4.52 Å². The van der Waals surface area contributed by atoms with Crippen LogP contribution in [0, 0.1) is 0 Å². The number of aromatic nitrogens is 6. The highest BCUT2D eigenvalue weighted by atomic mass is 16.5. The van der Waals surface area contributed by atoms with Crippen LogP contribution in [0.3, 0.4) is 0 Å². The maximum Gasteiger partial charge on any atom is 0.278 e. The first-order valence-electron chi connectivity index (χ1n) is 11.7. The molecule has 3 aromatic heterocycles. The predicted octanol–water partition coefficient (Wildman–Crippen LogP) is 3.03. The van der Waals surface area contributed by atoms with E-state index in [1.54, 1.807) is 24.8 Å². The summed E-state index contributed by atoms with van der Waals surface area (Å²) in [6.07, 6.45) is 9.95. The van der Waals surface area contributed by atoms with Gasteiger partial charge in [-0.3, -0.25) is 0 Å². The van der Waals surface area contributed by atoms with Crippen LogP contribution < -0.4 is 10.6 Å². The van der Waals surface area contributed by atoms with Gasteiger partial charge in [0.05, 0.1) is 17.8 Å².